The summed E-state index contributed by atoms with van der Waals surface area (Å²) >= 11 is 0. The Morgan fingerprint density at radius 1 is 0.442 bits per heavy atom. The molecule has 0 atom stereocenters. The SMILES string of the molecule is CCCCCOC(=O)Oc1c2ccccc2c(-c2c3ccccc3c(OC(=O)OCCCCC)c3ccc(CCC)cc23)c2cc(CCC)ccc12. The maximum Gasteiger partial charge on any atom is 0.513 e. The van der Waals surface area contributed by atoms with Crippen LogP contribution in [-0.2, 0) is 22.3 Å². The second-order valence-corrected chi connectivity index (χ2v) is 13.6. The van der Waals surface area contributed by atoms with Crippen molar-refractivity contribution in [1.82, 2.24) is 0 Å². The molecule has 0 radical (unpaired) electrons. The molecular weight excluding hydrogens is 648 g/mol. The van der Waals surface area contributed by atoms with Crippen molar-refractivity contribution in [3.8, 4) is 22.6 Å². The van der Waals surface area contributed by atoms with E-state index in [4.69, 9.17) is 18.9 Å². The Bertz CT molecular complexity index is 2040. The van der Waals surface area contributed by atoms with Crippen LogP contribution in [0, 0.1) is 0 Å². The first-order chi connectivity index (χ1) is 25.5. The van der Waals surface area contributed by atoms with Gasteiger partial charge in [-0.25, -0.2) is 9.59 Å². The highest BCUT2D eigenvalue weighted by atomic mass is 16.7. The van der Waals surface area contributed by atoms with Gasteiger partial charge in [0, 0.05) is 21.5 Å². The van der Waals surface area contributed by atoms with Gasteiger partial charge in [-0.3, -0.25) is 0 Å². The van der Waals surface area contributed by atoms with Crippen LogP contribution in [0.15, 0.2) is 84.9 Å². The second kappa shape index (κ2) is 17.4. The zero-order valence-corrected chi connectivity index (χ0v) is 31.0. The van der Waals surface area contributed by atoms with Gasteiger partial charge in [0.05, 0.1) is 13.2 Å². The van der Waals surface area contributed by atoms with Gasteiger partial charge in [0.25, 0.3) is 0 Å². The van der Waals surface area contributed by atoms with Crippen molar-refractivity contribution in [3.63, 3.8) is 0 Å². The molecule has 0 aliphatic rings. The fraction of sp³-hybridized carbons (Fsp3) is 0.348. The molecule has 6 rings (SSSR count). The fourth-order valence-corrected chi connectivity index (χ4v) is 7.26. The maximum absolute atomic E-state index is 13.2. The molecule has 6 aromatic rings. The number of unbranched alkanes of at least 4 members (excludes halogenated alkanes) is 4. The number of hydrogen-bond acceptors (Lipinski definition) is 6. The summed E-state index contributed by atoms with van der Waals surface area (Å²) < 4.78 is 23.3. The molecule has 0 aliphatic heterocycles. The van der Waals surface area contributed by atoms with Crippen molar-refractivity contribution in [1.29, 1.82) is 0 Å². The highest BCUT2D eigenvalue weighted by molar-refractivity contribution is 6.27. The summed E-state index contributed by atoms with van der Waals surface area (Å²) in [7, 11) is 0. The first kappa shape index (κ1) is 36.7. The Balaban J connectivity index is 1.65. The van der Waals surface area contributed by atoms with Gasteiger partial charge in [-0.1, -0.05) is 151 Å². The van der Waals surface area contributed by atoms with Crippen LogP contribution in [0.4, 0.5) is 9.59 Å². The van der Waals surface area contributed by atoms with Crippen LogP contribution in [0.3, 0.4) is 0 Å². The van der Waals surface area contributed by atoms with E-state index in [1.165, 1.54) is 11.1 Å². The Labute approximate surface area is 307 Å². The van der Waals surface area contributed by atoms with Crippen molar-refractivity contribution in [2.45, 2.75) is 91.9 Å². The molecule has 0 saturated heterocycles. The largest absolute Gasteiger partial charge is 0.513 e. The smallest absolute Gasteiger partial charge is 0.434 e. The molecule has 0 aromatic heterocycles. The molecule has 6 heteroatoms. The summed E-state index contributed by atoms with van der Waals surface area (Å²) in [6.07, 6.45) is 8.05. The molecule has 270 valence electrons. The van der Waals surface area contributed by atoms with Gasteiger partial charge in [-0.15, -0.1) is 0 Å². The molecule has 6 nitrogen and oxygen atoms in total. The van der Waals surface area contributed by atoms with Gasteiger partial charge in [0.1, 0.15) is 11.5 Å². The first-order valence-corrected chi connectivity index (χ1v) is 19.1. The zero-order valence-electron chi connectivity index (χ0n) is 31.0. The Morgan fingerprint density at radius 3 is 1.21 bits per heavy atom. The van der Waals surface area contributed by atoms with Crippen LogP contribution in [0.1, 0.15) is 90.2 Å². The minimum absolute atomic E-state index is 0.319. The van der Waals surface area contributed by atoms with Crippen LogP contribution in [0.5, 0.6) is 11.5 Å². The average Bonchev–Trinajstić information content (AvgIpc) is 3.16. The molecule has 0 spiro atoms. The molecule has 0 aliphatic carbocycles. The van der Waals surface area contributed by atoms with Crippen molar-refractivity contribution in [2.75, 3.05) is 13.2 Å². The quantitative estimate of drug-likeness (QED) is 0.0460. The summed E-state index contributed by atoms with van der Waals surface area (Å²) in [6.45, 7) is 9.23. The molecule has 0 saturated carbocycles. The van der Waals surface area contributed by atoms with E-state index >= 15 is 0 Å². The summed E-state index contributed by atoms with van der Waals surface area (Å²) in [5, 5.41) is 7.16. The van der Waals surface area contributed by atoms with E-state index in [1.54, 1.807) is 0 Å². The van der Waals surface area contributed by atoms with Crippen LogP contribution in [0.25, 0.3) is 54.2 Å². The summed E-state index contributed by atoms with van der Waals surface area (Å²) in [4.78, 5) is 26.3. The molecule has 6 aromatic carbocycles. The van der Waals surface area contributed by atoms with E-state index in [-0.39, 0.29) is 0 Å². The molecule has 0 fully saturated rings. The summed E-state index contributed by atoms with van der Waals surface area (Å²) in [5.74, 6) is 0.980. The monoisotopic (exact) mass is 698 g/mol. The van der Waals surface area contributed by atoms with E-state index in [0.717, 1.165) is 118 Å². The molecule has 52 heavy (non-hydrogen) atoms. The van der Waals surface area contributed by atoms with Crippen molar-refractivity contribution in [2.24, 2.45) is 0 Å². The van der Waals surface area contributed by atoms with Crippen LogP contribution in [0.2, 0.25) is 0 Å². The predicted octanol–water partition coefficient (Wildman–Crippen LogP) is 13.3. The lowest BCUT2D eigenvalue weighted by Crippen LogP contribution is -2.12. The predicted molar refractivity (Wildman–Crippen MR) is 213 cm³/mol. The van der Waals surface area contributed by atoms with Gasteiger partial charge in [-0.05, 0) is 69.5 Å². The number of hydrogen-bond donors (Lipinski definition) is 0. The van der Waals surface area contributed by atoms with Gasteiger partial charge in [0.2, 0.25) is 0 Å². The van der Waals surface area contributed by atoms with Crippen molar-refractivity contribution < 1.29 is 28.5 Å². The molecule has 0 N–H and O–H groups in total. The highest BCUT2D eigenvalue weighted by Gasteiger charge is 2.25. The van der Waals surface area contributed by atoms with Crippen molar-refractivity contribution >= 4 is 55.4 Å². The molecule has 0 unspecified atom stereocenters. The Kier molecular flexibility index (Phi) is 12.3. The maximum atomic E-state index is 13.2. The summed E-state index contributed by atoms with van der Waals surface area (Å²) in [5.41, 5.74) is 4.47. The third kappa shape index (κ3) is 7.86. The Hall–Kier alpha value is -5.10. The van der Waals surface area contributed by atoms with E-state index in [9.17, 15) is 9.59 Å². The number of carbonyl (C=O) groups is 2. The van der Waals surface area contributed by atoms with E-state index < -0.39 is 12.3 Å². The molecule has 0 amide bonds. The van der Waals surface area contributed by atoms with Gasteiger partial charge in [-0.2, -0.15) is 0 Å². The minimum atomic E-state index is -0.698. The third-order valence-electron chi connectivity index (χ3n) is 9.71. The number of aryl methyl sites for hydroxylation is 2. The molecule has 0 bridgehead atoms. The van der Waals surface area contributed by atoms with E-state index in [0.29, 0.717) is 24.7 Å². The summed E-state index contributed by atoms with van der Waals surface area (Å²) in [6, 6.07) is 29.1. The van der Waals surface area contributed by atoms with Gasteiger partial charge < -0.3 is 18.9 Å². The van der Waals surface area contributed by atoms with Crippen molar-refractivity contribution in [3.05, 3.63) is 96.1 Å². The lowest BCUT2D eigenvalue weighted by molar-refractivity contribution is 0.0973. The van der Waals surface area contributed by atoms with Gasteiger partial charge in [0.15, 0.2) is 0 Å². The average molecular weight is 699 g/mol. The number of carbonyl (C=O) groups excluding carboxylic acids is 2. The number of rotatable bonds is 15. The molecular formula is C46H50O6. The second-order valence-electron chi connectivity index (χ2n) is 13.6. The first-order valence-electron chi connectivity index (χ1n) is 19.1. The van der Waals surface area contributed by atoms with E-state index in [1.807, 2.05) is 36.4 Å². The molecule has 0 heterocycles. The standard InChI is InChI=1S/C46H50O6/c1-5-9-15-27-49-45(47)51-43-35-21-13-11-19-33(35)41(39-29-31(17-7-3)23-25-37(39)43)42-34-20-12-14-22-36(34)44(52-46(48)50-28-16-10-6-2)38-26-24-32(18-8-4)30-40(38)42/h11-14,19-26,29-30H,5-10,15-18,27-28H2,1-4H3. The van der Waals surface area contributed by atoms with Crippen LogP contribution >= 0.6 is 0 Å². The zero-order chi connectivity index (χ0) is 36.5. The third-order valence-corrected chi connectivity index (χ3v) is 9.71. The van der Waals surface area contributed by atoms with Crippen LogP contribution < -0.4 is 9.47 Å². The number of fused-ring (bicyclic) bond motifs is 4. The normalized spacial score (nSPS) is 11.4. The number of ether oxygens (including phenoxy) is 4. The Morgan fingerprint density at radius 2 is 0.827 bits per heavy atom. The lowest BCUT2D eigenvalue weighted by Gasteiger charge is -2.22. The van der Waals surface area contributed by atoms with Gasteiger partial charge >= 0.3 is 12.3 Å². The minimum Gasteiger partial charge on any atom is -0.434 e. The highest BCUT2D eigenvalue weighted by Crippen LogP contribution is 2.50. The topological polar surface area (TPSA) is 71.1 Å². The van der Waals surface area contributed by atoms with Crippen LogP contribution in [-0.4, -0.2) is 25.5 Å². The lowest BCUT2D eigenvalue weighted by atomic mass is 9.84. The fourth-order valence-electron chi connectivity index (χ4n) is 7.26. The number of benzene rings is 6. The van der Waals surface area contributed by atoms with E-state index in [2.05, 4.69) is 76.2 Å².